The minimum absolute atomic E-state index is 0.244. The lowest BCUT2D eigenvalue weighted by molar-refractivity contribution is -0.138. The number of rotatable bonds is 2. The van der Waals surface area contributed by atoms with Crippen molar-refractivity contribution in [2.75, 3.05) is 6.54 Å². The Labute approximate surface area is 159 Å². The summed E-state index contributed by atoms with van der Waals surface area (Å²) in [6.07, 6.45) is 5.82. The molecule has 1 aliphatic carbocycles. The number of hydrogen-bond donors (Lipinski definition) is 0. The summed E-state index contributed by atoms with van der Waals surface area (Å²) >= 11 is 0. The number of fused-ring (bicyclic) bond motifs is 2. The molecule has 1 fully saturated rings. The lowest BCUT2D eigenvalue weighted by atomic mass is 9.88. The zero-order valence-electron chi connectivity index (χ0n) is 15.6. The molecule has 0 saturated heterocycles. The normalized spacial score (nSPS) is 17.9. The number of amides is 1. The highest BCUT2D eigenvalue weighted by molar-refractivity contribution is 5.86. The molecule has 4 heteroatoms. The molecule has 3 aromatic rings. The van der Waals surface area contributed by atoms with Gasteiger partial charge in [-0.15, -0.1) is 0 Å². The van der Waals surface area contributed by atoms with E-state index in [1.54, 1.807) is 0 Å². The molecule has 0 unspecified atom stereocenters. The molecule has 0 spiro atoms. The third-order valence-electron chi connectivity index (χ3n) is 6.11. The predicted molar refractivity (Wildman–Crippen MR) is 107 cm³/mol. The summed E-state index contributed by atoms with van der Waals surface area (Å²) in [4.78, 5) is 14.9. The number of carbonyl (C=O) groups is 1. The lowest BCUT2D eigenvalue weighted by Crippen LogP contribution is -2.42. The van der Waals surface area contributed by atoms with Gasteiger partial charge in [-0.3, -0.25) is 9.48 Å². The van der Waals surface area contributed by atoms with E-state index in [1.165, 1.54) is 30.0 Å². The van der Waals surface area contributed by atoms with Crippen LogP contribution in [0, 0.1) is 5.92 Å². The molecule has 0 bridgehead atoms. The average molecular weight is 359 g/mol. The van der Waals surface area contributed by atoms with Crippen LogP contribution >= 0.6 is 0 Å². The first-order valence-corrected chi connectivity index (χ1v) is 10.1. The molecule has 2 heterocycles. The Balaban J connectivity index is 1.38. The Morgan fingerprint density at radius 2 is 1.74 bits per heavy atom. The van der Waals surface area contributed by atoms with Crippen molar-refractivity contribution in [3.05, 3.63) is 54.2 Å². The molecule has 138 valence electrons. The predicted octanol–water partition coefficient (Wildman–Crippen LogP) is 4.63. The third kappa shape index (κ3) is 3.14. The summed E-state index contributed by atoms with van der Waals surface area (Å²) in [7, 11) is 0. The molecule has 1 saturated carbocycles. The molecule has 5 rings (SSSR count). The topological polar surface area (TPSA) is 38.1 Å². The van der Waals surface area contributed by atoms with Crippen LogP contribution in [-0.2, 0) is 17.9 Å². The standard InChI is InChI=1S/C23H25N3O/c27-23(18-7-2-1-3-8-18)25-12-13-26-21(16-25)15-22(24-26)20-11-10-17-6-4-5-9-19(17)14-20/h4-6,9-11,14-15,18H,1-3,7-8,12-13,16H2. The van der Waals surface area contributed by atoms with E-state index >= 15 is 0 Å². The number of aromatic nitrogens is 2. The maximum absolute atomic E-state index is 12.9. The monoisotopic (exact) mass is 359 g/mol. The quantitative estimate of drug-likeness (QED) is 0.669. The van der Waals surface area contributed by atoms with Crippen LogP contribution < -0.4 is 0 Å². The van der Waals surface area contributed by atoms with Gasteiger partial charge in [-0.25, -0.2) is 0 Å². The molecule has 1 aliphatic heterocycles. The molecular formula is C23H25N3O. The fourth-order valence-corrected chi connectivity index (χ4v) is 4.55. The van der Waals surface area contributed by atoms with Crippen molar-refractivity contribution in [3.8, 4) is 11.3 Å². The summed E-state index contributed by atoms with van der Waals surface area (Å²) in [5.74, 6) is 0.600. The van der Waals surface area contributed by atoms with E-state index < -0.39 is 0 Å². The van der Waals surface area contributed by atoms with Crippen molar-refractivity contribution in [1.82, 2.24) is 14.7 Å². The van der Waals surface area contributed by atoms with E-state index in [2.05, 4.69) is 58.1 Å². The zero-order chi connectivity index (χ0) is 18.2. The summed E-state index contributed by atoms with van der Waals surface area (Å²) in [6, 6.07) is 17.1. The van der Waals surface area contributed by atoms with Crippen LogP contribution in [0.2, 0.25) is 0 Å². The summed E-state index contributed by atoms with van der Waals surface area (Å²) in [6.45, 7) is 2.26. The van der Waals surface area contributed by atoms with Gasteiger partial charge >= 0.3 is 0 Å². The summed E-state index contributed by atoms with van der Waals surface area (Å²) in [5, 5.41) is 7.29. The van der Waals surface area contributed by atoms with E-state index in [9.17, 15) is 4.79 Å². The van der Waals surface area contributed by atoms with Crippen LogP contribution in [0.15, 0.2) is 48.5 Å². The van der Waals surface area contributed by atoms with Gasteiger partial charge in [0.1, 0.15) is 0 Å². The number of nitrogens with zero attached hydrogens (tertiary/aromatic N) is 3. The molecule has 1 aromatic heterocycles. The highest BCUT2D eigenvalue weighted by Crippen LogP contribution is 2.29. The molecule has 27 heavy (non-hydrogen) atoms. The fraction of sp³-hybridized carbons (Fsp3) is 0.391. The number of hydrogen-bond acceptors (Lipinski definition) is 2. The van der Waals surface area contributed by atoms with Crippen molar-refractivity contribution in [1.29, 1.82) is 0 Å². The van der Waals surface area contributed by atoms with Gasteiger partial charge in [0.2, 0.25) is 5.91 Å². The third-order valence-corrected chi connectivity index (χ3v) is 6.11. The molecular weight excluding hydrogens is 334 g/mol. The van der Waals surface area contributed by atoms with Gasteiger partial charge in [0.25, 0.3) is 0 Å². The maximum Gasteiger partial charge on any atom is 0.226 e. The summed E-state index contributed by atoms with van der Waals surface area (Å²) in [5.41, 5.74) is 3.29. The van der Waals surface area contributed by atoms with Crippen LogP contribution in [0.4, 0.5) is 0 Å². The molecule has 0 N–H and O–H groups in total. The van der Waals surface area contributed by atoms with Crippen molar-refractivity contribution < 1.29 is 4.79 Å². The molecule has 4 nitrogen and oxygen atoms in total. The summed E-state index contributed by atoms with van der Waals surface area (Å²) < 4.78 is 2.08. The second kappa shape index (κ2) is 6.84. The first-order valence-electron chi connectivity index (χ1n) is 10.1. The van der Waals surface area contributed by atoms with Crippen LogP contribution in [0.1, 0.15) is 37.8 Å². The smallest absolute Gasteiger partial charge is 0.226 e. The maximum atomic E-state index is 12.9. The van der Waals surface area contributed by atoms with E-state index in [4.69, 9.17) is 5.10 Å². The zero-order valence-corrected chi connectivity index (χ0v) is 15.6. The van der Waals surface area contributed by atoms with Crippen LogP contribution in [0.25, 0.3) is 22.0 Å². The number of benzene rings is 2. The average Bonchev–Trinajstić information content (AvgIpc) is 3.17. The van der Waals surface area contributed by atoms with Gasteiger partial charge < -0.3 is 4.90 Å². The second-order valence-electron chi connectivity index (χ2n) is 7.90. The molecule has 1 amide bonds. The van der Waals surface area contributed by atoms with Crippen molar-refractivity contribution in [2.24, 2.45) is 5.92 Å². The molecule has 2 aromatic carbocycles. The first kappa shape index (κ1) is 16.5. The molecule has 2 aliphatic rings. The molecule has 0 atom stereocenters. The largest absolute Gasteiger partial charge is 0.335 e. The lowest BCUT2D eigenvalue weighted by Gasteiger charge is -2.32. The van der Waals surface area contributed by atoms with Crippen molar-refractivity contribution >= 4 is 16.7 Å². The van der Waals surface area contributed by atoms with Gasteiger partial charge in [0.15, 0.2) is 0 Å². The van der Waals surface area contributed by atoms with Crippen LogP contribution in [-0.4, -0.2) is 27.1 Å². The minimum atomic E-state index is 0.244. The van der Waals surface area contributed by atoms with Crippen molar-refractivity contribution in [2.45, 2.75) is 45.2 Å². The Bertz CT molecular complexity index is 984. The van der Waals surface area contributed by atoms with Crippen molar-refractivity contribution in [3.63, 3.8) is 0 Å². The first-order chi connectivity index (χ1) is 13.3. The number of carbonyl (C=O) groups excluding carboxylic acids is 1. The van der Waals surface area contributed by atoms with E-state index in [-0.39, 0.29) is 5.92 Å². The highest BCUT2D eigenvalue weighted by Gasteiger charge is 2.29. The fourth-order valence-electron chi connectivity index (χ4n) is 4.55. The Morgan fingerprint density at radius 1 is 0.926 bits per heavy atom. The van der Waals surface area contributed by atoms with Gasteiger partial charge in [-0.05, 0) is 35.7 Å². The Kier molecular flexibility index (Phi) is 4.19. The highest BCUT2D eigenvalue weighted by atomic mass is 16.2. The Morgan fingerprint density at radius 3 is 2.59 bits per heavy atom. The van der Waals surface area contributed by atoms with E-state index in [0.717, 1.165) is 42.9 Å². The van der Waals surface area contributed by atoms with Gasteiger partial charge in [-0.1, -0.05) is 55.7 Å². The minimum Gasteiger partial charge on any atom is -0.335 e. The van der Waals surface area contributed by atoms with Crippen LogP contribution in [0.3, 0.4) is 0 Å². The van der Waals surface area contributed by atoms with Gasteiger partial charge in [0.05, 0.1) is 24.5 Å². The van der Waals surface area contributed by atoms with E-state index in [0.29, 0.717) is 12.5 Å². The SMILES string of the molecule is O=C(C1CCCCC1)N1CCn2nc(-c3ccc4ccccc4c3)cc2C1. The van der Waals surface area contributed by atoms with Crippen LogP contribution in [0.5, 0.6) is 0 Å². The Hall–Kier alpha value is -2.62. The van der Waals surface area contributed by atoms with Gasteiger partial charge in [-0.2, -0.15) is 5.10 Å². The van der Waals surface area contributed by atoms with E-state index in [1.807, 2.05) is 0 Å². The molecule has 0 radical (unpaired) electrons. The second-order valence-corrected chi connectivity index (χ2v) is 7.90. The van der Waals surface area contributed by atoms with Gasteiger partial charge in [0, 0.05) is 18.0 Å².